The van der Waals surface area contributed by atoms with Crippen LogP contribution in [0.5, 0.6) is 0 Å². The lowest BCUT2D eigenvalue weighted by molar-refractivity contribution is 0.285. The van der Waals surface area contributed by atoms with Crippen molar-refractivity contribution in [1.29, 1.82) is 0 Å². The molecule has 4 nitrogen and oxygen atoms in total. The fraction of sp³-hybridized carbons (Fsp3) is 0.524. The van der Waals surface area contributed by atoms with Crippen LogP contribution in [-0.4, -0.2) is 34.1 Å². The van der Waals surface area contributed by atoms with Crippen LogP contribution >= 0.6 is 11.8 Å². The quantitative estimate of drug-likeness (QED) is 0.523. The fourth-order valence-corrected chi connectivity index (χ4v) is 4.64. The minimum Gasteiger partial charge on any atom is -0.302 e. The molecule has 1 aromatic carbocycles. The van der Waals surface area contributed by atoms with Crippen molar-refractivity contribution in [1.82, 2.24) is 14.5 Å². The van der Waals surface area contributed by atoms with E-state index in [1.54, 1.807) is 11.8 Å². The highest BCUT2D eigenvalue weighted by Crippen LogP contribution is 2.30. The largest absolute Gasteiger partial charge is 0.348 e. The molecule has 0 saturated carbocycles. The number of aromatic nitrogens is 2. The number of likely N-dealkylation sites (N-methyl/N-ethyl adjacent to an activating group) is 1. The Morgan fingerprint density at radius 3 is 2.58 bits per heavy atom. The molecule has 0 saturated heterocycles. The third kappa shape index (κ3) is 4.57. The predicted octanol–water partition coefficient (Wildman–Crippen LogP) is 3.76. The third-order valence-corrected chi connectivity index (χ3v) is 6.29. The van der Waals surface area contributed by atoms with E-state index in [0.717, 1.165) is 49.8 Å². The summed E-state index contributed by atoms with van der Waals surface area (Å²) in [5.74, 6) is 0.864. The fourth-order valence-electron chi connectivity index (χ4n) is 3.60. The molecular weight excluding hydrogens is 342 g/mol. The van der Waals surface area contributed by atoms with Crippen LogP contribution in [0.4, 0.5) is 0 Å². The lowest BCUT2D eigenvalue weighted by Gasteiger charge is -2.24. The Kier molecular flexibility index (Phi) is 6.92. The minimum absolute atomic E-state index is 0.0756. The highest BCUT2D eigenvalue weighted by Gasteiger charge is 2.20. The van der Waals surface area contributed by atoms with E-state index in [-0.39, 0.29) is 5.69 Å². The molecule has 2 aromatic rings. The van der Waals surface area contributed by atoms with E-state index in [9.17, 15) is 4.79 Å². The van der Waals surface area contributed by atoms with Gasteiger partial charge in [-0.15, -0.1) is 11.8 Å². The molecule has 0 N–H and O–H groups in total. The van der Waals surface area contributed by atoms with Gasteiger partial charge < -0.3 is 4.90 Å². The summed E-state index contributed by atoms with van der Waals surface area (Å²) in [6.45, 7) is 8.04. The first-order valence-corrected chi connectivity index (χ1v) is 10.7. The second-order valence-electron chi connectivity index (χ2n) is 6.78. The van der Waals surface area contributed by atoms with E-state index in [2.05, 4.69) is 48.0 Å². The van der Waals surface area contributed by atoms with Crippen LogP contribution in [0.25, 0.3) is 0 Å². The van der Waals surface area contributed by atoms with Crippen LogP contribution in [0.3, 0.4) is 0 Å². The Balaban J connectivity index is 1.83. The smallest absolute Gasteiger partial charge is 0.302 e. The molecule has 1 aliphatic rings. The number of rotatable bonds is 8. The first kappa shape index (κ1) is 19.2. The van der Waals surface area contributed by atoms with Gasteiger partial charge in [-0.25, -0.2) is 4.79 Å². The summed E-state index contributed by atoms with van der Waals surface area (Å²) < 4.78 is 1.94. The Morgan fingerprint density at radius 2 is 1.85 bits per heavy atom. The molecule has 0 bridgehead atoms. The van der Waals surface area contributed by atoms with Gasteiger partial charge in [-0.2, -0.15) is 4.98 Å². The highest BCUT2D eigenvalue weighted by atomic mass is 32.2. The monoisotopic (exact) mass is 371 g/mol. The van der Waals surface area contributed by atoms with Crippen LogP contribution in [0.15, 0.2) is 40.2 Å². The number of thioether (sulfide) groups is 1. The standard InChI is InChI=1S/C21H29N3OS/c1-3-23(4-2)14-15-24-19-13-9-8-12-18(19)20(22-21(24)25)26-16-17-10-6-5-7-11-17/h5-7,10-11H,3-4,8-9,12-16H2,1-2H3. The van der Waals surface area contributed by atoms with Crippen molar-refractivity contribution in [2.75, 3.05) is 19.6 Å². The zero-order valence-electron chi connectivity index (χ0n) is 15.9. The van der Waals surface area contributed by atoms with Crippen LogP contribution in [0, 0.1) is 0 Å². The van der Waals surface area contributed by atoms with Gasteiger partial charge in [0.1, 0.15) is 5.03 Å². The van der Waals surface area contributed by atoms with Gasteiger partial charge in [0.05, 0.1) is 0 Å². The van der Waals surface area contributed by atoms with Crippen molar-refractivity contribution in [3.05, 3.63) is 57.6 Å². The molecule has 0 amide bonds. The maximum Gasteiger partial charge on any atom is 0.348 e. The van der Waals surface area contributed by atoms with Gasteiger partial charge in [-0.3, -0.25) is 4.57 Å². The van der Waals surface area contributed by atoms with Crippen molar-refractivity contribution in [2.45, 2.75) is 56.9 Å². The lowest BCUT2D eigenvalue weighted by Crippen LogP contribution is -2.35. The van der Waals surface area contributed by atoms with Gasteiger partial charge in [0, 0.05) is 30.1 Å². The van der Waals surface area contributed by atoms with Crippen LogP contribution in [0.2, 0.25) is 0 Å². The van der Waals surface area contributed by atoms with Crippen molar-refractivity contribution >= 4 is 11.8 Å². The highest BCUT2D eigenvalue weighted by molar-refractivity contribution is 7.98. The van der Waals surface area contributed by atoms with E-state index in [1.807, 2.05) is 10.6 Å². The van der Waals surface area contributed by atoms with E-state index in [1.165, 1.54) is 29.7 Å². The summed E-state index contributed by atoms with van der Waals surface area (Å²) in [5.41, 5.74) is 3.75. The zero-order valence-corrected chi connectivity index (χ0v) is 16.7. The molecule has 140 valence electrons. The predicted molar refractivity (Wildman–Crippen MR) is 109 cm³/mol. The SMILES string of the molecule is CCN(CC)CCn1c2c(c(SCc3ccccc3)nc1=O)CCCC2. The van der Waals surface area contributed by atoms with Gasteiger partial charge >= 0.3 is 5.69 Å². The summed E-state index contributed by atoms with van der Waals surface area (Å²) in [4.78, 5) is 19.6. The summed E-state index contributed by atoms with van der Waals surface area (Å²) in [7, 11) is 0. The molecule has 26 heavy (non-hydrogen) atoms. The molecule has 1 heterocycles. The topological polar surface area (TPSA) is 38.1 Å². The molecule has 0 atom stereocenters. The lowest BCUT2D eigenvalue weighted by atomic mass is 9.97. The summed E-state index contributed by atoms with van der Waals surface area (Å²) in [5, 5.41) is 0.952. The van der Waals surface area contributed by atoms with Crippen LogP contribution in [-0.2, 0) is 25.1 Å². The molecule has 5 heteroatoms. The summed E-state index contributed by atoms with van der Waals surface area (Å²) in [6, 6.07) is 10.4. The van der Waals surface area contributed by atoms with Crippen LogP contribution in [0.1, 0.15) is 43.5 Å². The zero-order chi connectivity index (χ0) is 18.4. The van der Waals surface area contributed by atoms with Gasteiger partial charge in [0.15, 0.2) is 0 Å². The molecule has 1 aromatic heterocycles. The molecular formula is C21H29N3OS. The van der Waals surface area contributed by atoms with E-state index in [0.29, 0.717) is 0 Å². The molecule has 1 aliphatic carbocycles. The molecule has 0 fully saturated rings. The minimum atomic E-state index is -0.0756. The number of benzene rings is 1. The molecule has 0 unspecified atom stereocenters. The Morgan fingerprint density at radius 1 is 1.12 bits per heavy atom. The Hall–Kier alpha value is -1.59. The molecule has 3 rings (SSSR count). The number of hydrogen-bond donors (Lipinski definition) is 0. The maximum atomic E-state index is 12.7. The first-order chi connectivity index (χ1) is 12.7. The number of hydrogen-bond acceptors (Lipinski definition) is 4. The van der Waals surface area contributed by atoms with Crippen molar-refractivity contribution in [3.63, 3.8) is 0 Å². The second kappa shape index (κ2) is 9.38. The Bertz CT molecular complexity index is 769. The van der Waals surface area contributed by atoms with Gasteiger partial charge in [0.25, 0.3) is 0 Å². The van der Waals surface area contributed by atoms with Crippen LogP contribution < -0.4 is 5.69 Å². The van der Waals surface area contributed by atoms with Gasteiger partial charge in [-0.05, 0) is 44.3 Å². The van der Waals surface area contributed by atoms with Crippen molar-refractivity contribution in [3.8, 4) is 0 Å². The second-order valence-corrected chi connectivity index (χ2v) is 7.75. The van der Waals surface area contributed by atoms with Crippen molar-refractivity contribution < 1.29 is 0 Å². The van der Waals surface area contributed by atoms with E-state index < -0.39 is 0 Å². The summed E-state index contributed by atoms with van der Waals surface area (Å²) >= 11 is 1.71. The average Bonchev–Trinajstić information content (AvgIpc) is 2.69. The van der Waals surface area contributed by atoms with Gasteiger partial charge in [-0.1, -0.05) is 44.2 Å². The number of fused-ring (bicyclic) bond motifs is 1. The summed E-state index contributed by atoms with van der Waals surface area (Å²) in [6.07, 6.45) is 4.42. The molecule has 0 spiro atoms. The van der Waals surface area contributed by atoms with E-state index in [4.69, 9.17) is 0 Å². The maximum absolute atomic E-state index is 12.7. The van der Waals surface area contributed by atoms with Gasteiger partial charge in [0.2, 0.25) is 0 Å². The normalized spacial score (nSPS) is 13.8. The number of nitrogens with zero attached hydrogens (tertiary/aromatic N) is 3. The molecule has 0 radical (unpaired) electrons. The Labute approximate surface area is 160 Å². The third-order valence-electron chi connectivity index (χ3n) is 5.20. The van der Waals surface area contributed by atoms with E-state index >= 15 is 0 Å². The van der Waals surface area contributed by atoms with Crippen molar-refractivity contribution in [2.24, 2.45) is 0 Å². The first-order valence-electron chi connectivity index (χ1n) is 9.74. The average molecular weight is 372 g/mol. The molecule has 0 aliphatic heterocycles.